The molecule has 0 bridgehead atoms. The number of ether oxygens (including phenoxy) is 1. The van der Waals surface area contributed by atoms with E-state index in [0.717, 1.165) is 18.7 Å². The van der Waals surface area contributed by atoms with E-state index in [9.17, 15) is 4.79 Å². The number of hydrogen-bond acceptors (Lipinski definition) is 5. The number of aliphatic carboxylic acids is 1. The molecule has 1 aromatic rings. The Hall–Kier alpha value is -1.08. The van der Waals surface area contributed by atoms with Crippen molar-refractivity contribution in [2.45, 2.75) is 51.7 Å². The quantitative estimate of drug-likeness (QED) is 0.669. The van der Waals surface area contributed by atoms with E-state index >= 15 is 0 Å². The minimum atomic E-state index is -0.850. The highest BCUT2D eigenvalue weighted by Crippen LogP contribution is 2.27. The number of thioether (sulfide) groups is 1. The number of rotatable bonds is 10. The third-order valence-corrected chi connectivity index (χ3v) is 4.06. The lowest BCUT2D eigenvalue weighted by molar-refractivity contribution is -0.133. The second kappa shape index (κ2) is 9.04. The van der Waals surface area contributed by atoms with Crippen molar-refractivity contribution in [2.24, 2.45) is 5.92 Å². The molecule has 1 atom stereocenters. The highest BCUT2D eigenvalue weighted by atomic mass is 32.2. The first kappa shape index (κ1) is 18.0. The number of aromatic nitrogens is 3. The van der Waals surface area contributed by atoms with E-state index < -0.39 is 5.97 Å². The summed E-state index contributed by atoms with van der Waals surface area (Å²) in [6.07, 6.45) is 1.80. The molecular formula is C14H25N3O3S. The van der Waals surface area contributed by atoms with Crippen LogP contribution in [-0.4, -0.2) is 44.8 Å². The number of aryl methyl sites for hydroxylation is 1. The van der Waals surface area contributed by atoms with Crippen LogP contribution in [0.5, 0.6) is 0 Å². The number of nitrogens with zero attached hydrogens (tertiary/aromatic N) is 3. The summed E-state index contributed by atoms with van der Waals surface area (Å²) >= 11 is 1.22. The number of carbonyl (C=O) groups is 1. The molecule has 0 aromatic carbocycles. The molecule has 0 saturated heterocycles. The van der Waals surface area contributed by atoms with Crippen LogP contribution in [0.1, 0.15) is 46.0 Å². The third kappa shape index (κ3) is 5.32. The van der Waals surface area contributed by atoms with Crippen molar-refractivity contribution >= 4 is 17.7 Å². The molecular weight excluding hydrogens is 290 g/mol. The molecule has 1 N–H and O–H groups in total. The van der Waals surface area contributed by atoms with Crippen molar-refractivity contribution in [3.8, 4) is 0 Å². The molecule has 0 aliphatic carbocycles. The summed E-state index contributed by atoms with van der Waals surface area (Å²) in [7, 11) is 0. The highest BCUT2D eigenvalue weighted by molar-refractivity contribution is 7.99. The largest absolute Gasteiger partial charge is 0.481 e. The molecule has 6 nitrogen and oxygen atoms in total. The maximum atomic E-state index is 10.8. The summed E-state index contributed by atoms with van der Waals surface area (Å²) in [5.41, 5.74) is 0. The van der Waals surface area contributed by atoms with Gasteiger partial charge in [-0.15, -0.1) is 10.2 Å². The maximum Gasteiger partial charge on any atom is 0.313 e. The van der Waals surface area contributed by atoms with Gasteiger partial charge in [0, 0.05) is 13.0 Å². The predicted molar refractivity (Wildman–Crippen MR) is 82.7 cm³/mol. The van der Waals surface area contributed by atoms with E-state index in [1.807, 2.05) is 6.92 Å². The molecule has 1 aromatic heterocycles. The van der Waals surface area contributed by atoms with Gasteiger partial charge in [-0.3, -0.25) is 4.79 Å². The minimum Gasteiger partial charge on any atom is -0.481 e. The minimum absolute atomic E-state index is 0.0102. The van der Waals surface area contributed by atoms with Crippen LogP contribution >= 0.6 is 11.8 Å². The van der Waals surface area contributed by atoms with Gasteiger partial charge in [0.25, 0.3) is 0 Å². The summed E-state index contributed by atoms with van der Waals surface area (Å²) in [5.74, 6) is 0.401. The summed E-state index contributed by atoms with van der Waals surface area (Å²) < 4.78 is 7.66. The van der Waals surface area contributed by atoms with Crippen molar-refractivity contribution in [1.29, 1.82) is 0 Å². The molecule has 120 valence electrons. The van der Waals surface area contributed by atoms with Gasteiger partial charge in [-0.2, -0.15) is 0 Å². The summed E-state index contributed by atoms with van der Waals surface area (Å²) in [6.45, 7) is 9.57. The normalized spacial score (nSPS) is 12.8. The standard InChI is InChI=1S/C14H25N3O3S/c1-5-7-12-15-16-14(21-9-13(18)19)17(12)11(10(3)4)8-20-6-2/h10-11H,5-9H2,1-4H3,(H,18,19). The van der Waals surface area contributed by atoms with Gasteiger partial charge in [0.1, 0.15) is 5.82 Å². The zero-order valence-electron chi connectivity index (χ0n) is 13.2. The van der Waals surface area contributed by atoms with Crippen molar-refractivity contribution in [1.82, 2.24) is 14.8 Å². The molecule has 0 saturated carbocycles. The summed E-state index contributed by atoms with van der Waals surface area (Å²) in [5, 5.41) is 17.9. The van der Waals surface area contributed by atoms with E-state index in [4.69, 9.17) is 9.84 Å². The Bertz CT molecular complexity index is 449. The molecule has 0 spiro atoms. The molecule has 0 aliphatic rings. The van der Waals surface area contributed by atoms with Crippen LogP contribution in [0.15, 0.2) is 5.16 Å². The second-order valence-electron chi connectivity index (χ2n) is 5.17. The topological polar surface area (TPSA) is 77.2 Å². The lowest BCUT2D eigenvalue weighted by Gasteiger charge is -2.25. The van der Waals surface area contributed by atoms with Gasteiger partial charge in [0.2, 0.25) is 0 Å². The molecule has 1 rings (SSSR count). The van der Waals surface area contributed by atoms with Crippen molar-refractivity contribution in [2.75, 3.05) is 19.0 Å². The highest BCUT2D eigenvalue weighted by Gasteiger charge is 2.24. The van der Waals surface area contributed by atoms with Gasteiger partial charge in [0.15, 0.2) is 5.16 Å². The van der Waals surface area contributed by atoms with Gasteiger partial charge in [0.05, 0.1) is 18.4 Å². The molecule has 0 fully saturated rings. The van der Waals surface area contributed by atoms with Crippen LogP contribution in [0, 0.1) is 5.92 Å². The number of hydrogen-bond donors (Lipinski definition) is 1. The lowest BCUT2D eigenvalue weighted by Crippen LogP contribution is -2.24. The average Bonchev–Trinajstić information content (AvgIpc) is 2.80. The Morgan fingerprint density at radius 3 is 2.62 bits per heavy atom. The first-order valence-corrected chi connectivity index (χ1v) is 8.35. The molecule has 1 unspecified atom stereocenters. The van der Waals surface area contributed by atoms with E-state index in [2.05, 4.69) is 35.5 Å². The fourth-order valence-corrected chi connectivity index (χ4v) is 2.79. The van der Waals surface area contributed by atoms with Crippen molar-refractivity contribution in [3.05, 3.63) is 5.82 Å². The van der Waals surface area contributed by atoms with Crippen LogP contribution in [0.25, 0.3) is 0 Å². The first-order valence-electron chi connectivity index (χ1n) is 7.37. The summed E-state index contributed by atoms with van der Waals surface area (Å²) in [4.78, 5) is 10.8. The number of carboxylic acid groups (broad SMARTS) is 1. The van der Waals surface area contributed by atoms with E-state index in [-0.39, 0.29) is 11.8 Å². The zero-order valence-corrected chi connectivity index (χ0v) is 14.0. The van der Waals surface area contributed by atoms with E-state index in [1.54, 1.807) is 0 Å². The molecule has 7 heteroatoms. The van der Waals surface area contributed by atoms with Crippen LogP contribution < -0.4 is 0 Å². The van der Waals surface area contributed by atoms with Crippen LogP contribution in [0.4, 0.5) is 0 Å². The van der Waals surface area contributed by atoms with Crippen LogP contribution in [-0.2, 0) is 16.0 Å². The first-order chi connectivity index (χ1) is 10.0. The molecule has 21 heavy (non-hydrogen) atoms. The molecule has 0 amide bonds. The van der Waals surface area contributed by atoms with E-state index in [0.29, 0.717) is 24.3 Å². The molecule has 0 aliphatic heterocycles. The Morgan fingerprint density at radius 1 is 1.38 bits per heavy atom. The second-order valence-corrected chi connectivity index (χ2v) is 6.11. The maximum absolute atomic E-state index is 10.8. The Morgan fingerprint density at radius 2 is 2.10 bits per heavy atom. The SMILES string of the molecule is CCCc1nnc(SCC(=O)O)n1C(COCC)C(C)C. The fraction of sp³-hybridized carbons (Fsp3) is 0.786. The summed E-state index contributed by atoms with van der Waals surface area (Å²) in [6, 6.07) is 0.123. The van der Waals surface area contributed by atoms with Gasteiger partial charge in [-0.25, -0.2) is 0 Å². The Balaban J connectivity index is 3.06. The fourth-order valence-electron chi connectivity index (χ4n) is 2.06. The Kier molecular flexibility index (Phi) is 7.74. The third-order valence-electron chi connectivity index (χ3n) is 3.13. The van der Waals surface area contributed by atoms with E-state index in [1.165, 1.54) is 11.8 Å². The van der Waals surface area contributed by atoms with Gasteiger partial charge >= 0.3 is 5.97 Å². The van der Waals surface area contributed by atoms with Crippen molar-refractivity contribution in [3.63, 3.8) is 0 Å². The van der Waals surface area contributed by atoms with Gasteiger partial charge in [-0.1, -0.05) is 32.5 Å². The zero-order chi connectivity index (χ0) is 15.8. The predicted octanol–water partition coefficient (Wildman–Crippen LogP) is 2.64. The number of carboxylic acids is 1. The van der Waals surface area contributed by atoms with Crippen molar-refractivity contribution < 1.29 is 14.6 Å². The average molecular weight is 315 g/mol. The lowest BCUT2D eigenvalue weighted by atomic mass is 10.0. The monoisotopic (exact) mass is 315 g/mol. The van der Waals surface area contributed by atoms with Crippen LogP contribution in [0.3, 0.4) is 0 Å². The Labute approximate surface area is 130 Å². The molecule has 0 radical (unpaired) electrons. The smallest absolute Gasteiger partial charge is 0.313 e. The van der Waals surface area contributed by atoms with Gasteiger partial charge < -0.3 is 14.4 Å². The van der Waals surface area contributed by atoms with Crippen LogP contribution in [0.2, 0.25) is 0 Å². The van der Waals surface area contributed by atoms with Gasteiger partial charge in [-0.05, 0) is 19.3 Å². The molecule has 1 heterocycles.